The fourth-order valence-electron chi connectivity index (χ4n) is 2.14. The Balaban J connectivity index is 1.75. The lowest BCUT2D eigenvalue weighted by molar-refractivity contribution is 0.0913. The predicted molar refractivity (Wildman–Crippen MR) is 94.1 cm³/mol. The molecule has 1 aromatic heterocycles. The summed E-state index contributed by atoms with van der Waals surface area (Å²) in [5.41, 5.74) is 0. The van der Waals surface area contributed by atoms with Crippen molar-refractivity contribution in [2.75, 3.05) is 26.4 Å². The van der Waals surface area contributed by atoms with Gasteiger partial charge in [0.1, 0.15) is 23.9 Å². The number of amides is 1. The zero-order chi connectivity index (χ0) is 17.9. The lowest BCUT2D eigenvalue weighted by atomic mass is 10.3. The number of hydrogen-bond donors (Lipinski definition) is 1. The van der Waals surface area contributed by atoms with Crippen molar-refractivity contribution in [3.63, 3.8) is 0 Å². The van der Waals surface area contributed by atoms with Gasteiger partial charge in [0.05, 0.1) is 6.61 Å². The first-order valence-electron chi connectivity index (χ1n) is 8.53. The number of benzene rings is 1. The summed E-state index contributed by atoms with van der Waals surface area (Å²) in [5.74, 6) is 2.15. The van der Waals surface area contributed by atoms with Gasteiger partial charge in [0.15, 0.2) is 5.76 Å². The number of hydrogen-bond acceptors (Lipinski definition) is 5. The molecule has 0 aliphatic carbocycles. The van der Waals surface area contributed by atoms with E-state index in [0.29, 0.717) is 37.9 Å². The van der Waals surface area contributed by atoms with Crippen molar-refractivity contribution in [1.82, 2.24) is 5.32 Å². The summed E-state index contributed by atoms with van der Waals surface area (Å²) < 4.78 is 21.8. The Hall–Kier alpha value is -2.47. The lowest BCUT2D eigenvalue weighted by Gasteiger charge is -2.06. The molecule has 1 N–H and O–H groups in total. The van der Waals surface area contributed by atoms with Crippen molar-refractivity contribution in [3.8, 4) is 11.5 Å². The number of ether oxygens (including phenoxy) is 3. The minimum absolute atomic E-state index is 0.233. The monoisotopic (exact) mass is 347 g/mol. The van der Waals surface area contributed by atoms with Gasteiger partial charge in [-0.05, 0) is 56.7 Å². The van der Waals surface area contributed by atoms with E-state index >= 15 is 0 Å². The van der Waals surface area contributed by atoms with E-state index in [-0.39, 0.29) is 18.3 Å². The van der Waals surface area contributed by atoms with Crippen molar-refractivity contribution < 1.29 is 23.4 Å². The third-order valence-corrected chi connectivity index (χ3v) is 3.36. The summed E-state index contributed by atoms with van der Waals surface area (Å²) in [4.78, 5) is 12.0. The van der Waals surface area contributed by atoms with E-state index in [1.54, 1.807) is 12.1 Å². The molecule has 1 amide bonds. The van der Waals surface area contributed by atoms with Crippen molar-refractivity contribution in [2.24, 2.45) is 0 Å². The highest BCUT2D eigenvalue weighted by molar-refractivity contribution is 5.91. The van der Waals surface area contributed by atoms with Gasteiger partial charge in [-0.1, -0.05) is 0 Å². The highest BCUT2D eigenvalue weighted by Crippen LogP contribution is 2.19. The van der Waals surface area contributed by atoms with Crippen molar-refractivity contribution in [1.29, 1.82) is 0 Å². The summed E-state index contributed by atoms with van der Waals surface area (Å²) in [7, 11) is 0. The molecule has 2 aromatic rings. The van der Waals surface area contributed by atoms with Crippen LogP contribution in [0.5, 0.6) is 11.5 Å². The fraction of sp³-hybridized carbons (Fsp3) is 0.421. The molecule has 25 heavy (non-hydrogen) atoms. The fourth-order valence-corrected chi connectivity index (χ4v) is 2.14. The van der Waals surface area contributed by atoms with Gasteiger partial charge in [0.2, 0.25) is 0 Å². The van der Waals surface area contributed by atoms with Gasteiger partial charge in [-0.3, -0.25) is 4.79 Å². The average molecular weight is 347 g/mol. The Kier molecular flexibility index (Phi) is 7.85. The van der Waals surface area contributed by atoms with Crippen LogP contribution in [0.25, 0.3) is 0 Å². The molecule has 0 radical (unpaired) electrons. The SMILES string of the molecule is CCOCCCNC(=O)c1ccc(COc2ccc(OCC)cc2)o1. The van der Waals surface area contributed by atoms with Crippen molar-refractivity contribution >= 4 is 5.91 Å². The second-order valence-corrected chi connectivity index (χ2v) is 5.27. The molecule has 1 heterocycles. The molecular weight excluding hydrogens is 322 g/mol. The van der Waals surface area contributed by atoms with Crippen molar-refractivity contribution in [2.45, 2.75) is 26.9 Å². The molecule has 136 valence electrons. The minimum atomic E-state index is -0.233. The van der Waals surface area contributed by atoms with Crippen LogP contribution in [-0.4, -0.2) is 32.3 Å². The zero-order valence-electron chi connectivity index (χ0n) is 14.7. The number of carbonyl (C=O) groups is 1. The van der Waals surface area contributed by atoms with E-state index in [1.807, 2.05) is 38.1 Å². The molecular formula is C19H25NO5. The third kappa shape index (κ3) is 6.51. The molecule has 0 fully saturated rings. The van der Waals surface area contributed by atoms with Gasteiger partial charge in [-0.25, -0.2) is 0 Å². The second kappa shape index (κ2) is 10.4. The van der Waals surface area contributed by atoms with E-state index in [4.69, 9.17) is 18.6 Å². The summed E-state index contributed by atoms with van der Waals surface area (Å²) in [6.45, 7) is 6.64. The van der Waals surface area contributed by atoms with Crippen LogP contribution >= 0.6 is 0 Å². The van der Waals surface area contributed by atoms with Crippen LogP contribution in [0.15, 0.2) is 40.8 Å². The molecule has 0 saturated carbocycles. The van der Waals surface area contributed by atoms with Gasteiger partial charge in [-0.2, -0.15) is 0 Å². The first kappa shape index (κ1) is 18.9. The predicted octanol–water partition coefficient (Wildman–Crippen LogP) is 3.41. The molecule has 2 rings (SSSR count). The smallest absolute Gasteiger partial charge is 0.286 e. The van der Waals surface area contributed by atoms with Gasteiger partial charge in [0.25, 0.3) is 5.91 Å². The van der Waals surface area contributed by atoms with Crippen LogP contribution in [0.4, 0.5) is 0 Å². The van der Waals surface area contributed by atoms with Gasteiger partial charge in [0, 0.05) is 19.8 Å². The van der Waals surface area contributed by atoms with Crippen LogP contribution in [0.3, 0.4) is 0 Å². The van der Waals surface area contributed by atoms with E-state index in [0.717, 1.165) is 12.2 Å². The molecule has 0 saturated heterocycles. The average Bonchev–Trinajstić information content (AvgIpc) is 3.10. The highest BCUT2D eigenvalue weighted by atomic mass is 16.5. The quantitative estimate of drug-likeness (QED) is 0.631. The first-order chi connectivity index (χ1) is 12.2. The highest BCUT2D eigenvalue weighted by Gasteiger charge is 2.11. The summed E-state index contributed by atoms with van der Waals surface area (Å²) in [5, 5.41) is 2.80. The van der Waals surface area contributed by atoms with Gasteiger partial charge in [-0.15, -0.1) is 0 Å². The number of rotatable bonds is 11. The molecule has 0 aliphatic heterocycles. The Morgan fingerprint density at radius 3 is 2.40 bits per heavy atom. The van der Waals surface area contributed by atoms with Crippen LogP contribution < -0.4 is 14.8 Å². The Labute approximate surface area is 148 Å². The summed E-state index contributed by atoms with van der Waals surface area (Å²) in [6, 6.07) is 10.8. The standard InChI is InChI=1S/C19H25NO5/c1-3-22-13-5-12-20-19(21)18-11-10-17(25-18)14-24-16-8-6-15(7-9-16)23-4-2/h6-11H,3-5,12-14H2,1-2H3,(H,20,21). The molecule has 6 nitrogen and oxygen atoms in total. The van der Waals surface area contributed by atoms with Gasteiger partial charge < -0.3 is 23.9 Å². The summed E-state index contributed by atoms with van der Waals surface area (Å²) in [6.07, 6.45) is 0.772. The zero-order valence-corrected chi connectivity index (χ0v) is 14.7. The summed E-state index contributed by atoms with van der Waals surface area (Å²) >= 11 is 0. The van der Waals surface area contributed by atoms with E-state index in [2.05, 4.69) is 5.32 Å². The maximum atomic E-state index is 12.0. The van der Waals surface area contributed by atoms with Crippen LogP contribution in [-0.2, 0) is 11.3 Å². The van der Waals surface area contributed by atoms with Crippen molar-refractivity contribution in [3.05, 3.63) is 47.9 Å². The van der Waals surface area contributed by atoms with Crippen LogP contribution in [0.2, 0.25) is 0 Å². The third-order valence-electron chi connectivity index (χ3n) is 3.36. The minimum Gasteiger partial charge on any atom is -0.494 e. The maximum absolute atomic E-state index is 12.0. The molecule has 0 spiro atoms. The maximum Gasteiger partial charge on any atom is 0.286 e. The normalized spacial score (nSPS) is 10.5. The number of furan rings is 1. The van der Waals surface area contributed by atoms with E-state index < -0.39 is 0 Å². The van der Waals surface area contributed by atoms with Gasteiger partial charge >= 0.3 is 0 Å². The Bertz CT molecular complexity index is 636. The molecule has 0 unspecified atom stereocenters. The van der Waals surface area contributed by atoms with Crippen LogP contribution in [0.1, 0.15) is 36.6 Å². The Morgan fingerprint density at radius 2 is 1.72 bits per heavy atom. The molecule has 0 aliphatic rings. The molecule has 6 heteroatoms. The topological polar surface area (TPSA) is 69.9 Å². The second-order valence-electron chi connectivity index (χ2n) is 5.27. The number of nitrogens with one attached hydrogen (secondary N) is 1. The van der Waals surface area contributed by atoms with E-state index in [9.17, 15) is 4.79 Å². The van der Waals surface area contributed by atoms with Crippen LogP contribution in [0, 0.1) is 0 Å². The molecule has 1 aromatic carbocycles. The molecule has 0 atom stereocenters. The van der Waals surface area contributed by atoms with E-state index in [1.165, 1.54) is 0 Å². The Morgan fingerprint density at radius 1 is 1.00 bits per heavy atom. The first-order valence-corrected chi connectivity index (χ1v) is 8.53. The largest absolute Gasteiger partial charge is 0.494 e. The number of carbonyl (C=O) groups excluding carboxylic acids is 1. The lowest BCUT2D eigenvalue weighted by Crippen LogP contribution is -2.24. The molecule has 0 bridgehead atoms.